The van der Waals surface area contributed by atoms with Gasteiger partial charge in [0.05, 0.1) is 5.25 Å². The number of carbonyl (C=O) groups excluding carboxylic acids is 2. The molecule has 0 radical (unpaired) electrons. The first-order valence-corrected chi connectivity index (χ1v) is 9.88. The summed E-state index contributed by atoms with van der Waals surface area (Å²) >= 11 is 1.58. The van der Waals surface area contributed by atoms with E-state index in [1.807, 2.05) is 31.2 Å². The van der Waals surface area contributed by atoms with E-state index in [1.165, 1.54) is 6.92 Å². The van der Waals surface area contributed by atoms with Crippen molar-refractivity contribution in [3.63, 3.8) is 0 Å². The van der Waals surface area contributed by atoms with Crippen LogP contribution < -0.4 is 5.32 Å². The second kappa shape index (κ2) is 8.26. The van der Waals surface area contributed by atoms with Gasteiger partial charge in [0.2, 0.25) is 11.8 Å². The maximum Gasteiger partial charge on any atom is 0.236 e. The van der Waals surface area contributed by atoms with Crippen LogP contribution in [0.1, 0.15) is 53.9 Å². The third kappa shape index (κ3) is 6.07. The molecule has 2 amide bonds. The number of amides is 2. The zero-order valence-electron chi connectivity index (χ0n) is 16.0. The van der Waals surface area contributed by atoms with Crippen molar-refractivity contribution in [3.8, 4) is 0 Å². The first-order valence-electron chi connectivity index (χ1n) is 9.00. The Kier molecular flexibility index (Phi) is 6.55. The summed E-state index contributed by atoms with van der Waals surface area (Å²) in [5, 5.41) is 2.65. The Balaban J connectivity index is 1.96. The van der Waals surface area contributed by atoms with Gasteiger partial charge in [0.15, 0.2) is 0 Å². The quantitative estimate of drug-likeness (QED) is 0.782. The molecule has 1 aromatic carbocycles. The SMILES string of the molecule is CC(=O)Nc1ccc(SC(C)C(=O)N2CCCC2CC(C)(C)C)cc1. The Labute approximate surface area is 155 Å². The Morgan fingerprint density at radius 3 is 2.48 bits per heavy atom. The van der Waals surface area contributed by atoms with E-state index in [1.54, 1.807) is 11.8 Å². The molecule has 0 spiro atoms. The van der Waals surface area contributed by atoms with Crippen LogP contribution in [-0.4, -0.2) is 34.6 Å². The van der Waals surface area contributed by atoms with Crippen molar-refractivity contribution in [2.24, 2.45) is 5.41 Å². The number of anilines is 1. The molecule has 1 heterocycles. The lowest BCUT2D eigenvalue weighted by Crippen LogP contribution is -2.41. The van der Waals surface area contributed by atoms with E-state index in [-0.39, 0.29) is 22.5 Å². The number of benzene rings is 1. The molecule has 0 saturated carbocycles. The topological polar surface area (TPSA) is 49.4 Å². The molecule has 4 nitrogen and oxygen atoms in total. The van der Waals surface area contributed by atoms with Crippen LogP contribution in [0.25, 0.3) is 0 Å². The van der Waals surface area contributed by atoms with E-state index in [0.717, 1.165) is 36.4 Å². The van der Waals surface area contributed by atoms with Crippen LogP contribution in [0.4, 0.5) is 5.69 Å². The van der Waals surface area contributed by atoms with Crippen LogP contribution in [0.3, 0.4) is 0 Å². The van der Waals surface area contributed by atoms with Gasteiger partial charge in [-0.3, -0.25) is 9.59 Å². The summed E-state index contributed by atoms with van der Waals surface area (Å²) in [6, 6.07) is 8.03. The largest absolute Gasteiger partial charge is 0.339 e. The van der Waals surface area contributed by atoms with E-state index in [2.05, 4.69) is 31.0 Å². The average molecular weight is 363 g/mol. The summed E-state index contributed by atoms with van der Waals surface area (Å²) < 4.78 is 0. The molecule has 138 valence electrons. The van der Waals surface area contributed by atoms with E-state index >= 15 is 0 Å². The van der Waals surface area contributed by atoms with Crippen LogP contribution >= 0.6 is 11.8 Å². The summed E-state index contributed by atoms with van der Waals surface area (Å²) in [5.74, 6) is 0.158. The van der Waals surface area contributed by atoms with Crippen LogP contribution in [0, 0.1) is 5.41 Å². The van der Waals surface area contributed by atoms with E-state index in [0.29, 0.717) is 6.04 Å². The number of nitrogens with one attached hydrogen (secondary N) is 1. The fourth-order valence-electron chi connectivity index (χ4n) is 3.35. The monoisotopic (exact) mass is 362 g/mol. The summed E-state index contributed by atoms with van der Waals surface area (Å²) in [6.45, 7) is 11.1. The highest BCUT2D eigenvalue weighted by Gasteiger charge is 2.33. The molecule has 0 bridgehead atoms. The minimum Gasteiger partial charge on any atom is -0.339 e. The molecule has 2 atom stereocenters. The van der Waals surface area contributed by atoms with E-state index in [9.17, 15) is 9.59 Å². The molecule has 1 saturated heterocycles. The molecule has 1 aliphatic heterocycles. The third-order valence-electron chi connectivity index (χ3n) is 4.34. The predicted molar refractivity (Wildman–Crippen MR) is 105 cm³/mol. The lowest BCUT2D eigenvalue weighted by atomic mass is 9.87. The number of likely N-dealkylation sites (tertiary alicyclic amines) is 1. The van der Waals surface area contributed by atoms with Crippen LogP contribution in [0.15, 0.2) is 29.2 Å². The number of rotatable bonds is 5. The van der Waals surface area contributed by atoms with Gasteiger partial charge in [-0.1, -0.05) is 20.8 Å². The van der Waals surface area contributed by atoms with Gasteiger partial charge < -0.3 is 10.2 Å². The first-order chi connectivity index (χ1) is 11.7. The van der Waals surface area contributed by atoms with Gasteiger partial charge in [-0.2, -0.15) is 0 Å². The van der Waals surface area contributed by atoms with Gasteiger partial charge in [0, 0.05) is 30.1 Å². The molecule has 1 aliphatic rings. The summed E-state index contributed by atoms with van der Waals surface area (Å²) in [7, 11) is 0. The standard InChI is InChI=1S/C20H30N2O2S/c1-14(25-18-10-8-16(9-11-18)21-15(2)23)19(24)22-12-6-7-17(22)13-20(3,4)5/h8-11,14,17H,6-7,12-13H2,1-5H3,(H,21,23). The maximum atomic E-state index is 12.9. The number of carbonyl (C=O) groups is 2. The molecule has 1 fully saturated rings. The fraction of sp³-hybridized carbons (Fsp3) is 0.600. The van der Waals surface area contributed by atoms with Crippen molar-refractivity contribution in [2.45, 2.75) is 70.1 Å². The van der Waals surface area contributed by atoms with Crippen molar-refractivity contribution in [2.75, 3.05) is 11.9 Å². The Hall–Kier alpha value is -1.49. The molecule has 0 aliphatic carbocycles. The Bertz CT molecular complexity index is 607. The van der Waals surface area contributed by atoms with Gasteiger partial charge in [-0.15, -0.1) is 11.8 Å². The molecule has 5 heteroatoms. The molecular formula is C20H30N2O2S. The summed E-state index contributed by atoms with van der Waals surface area (Å²) in [5.41, 5.74) is 1.02. The average Bonchev–Trinajstić information content (AvgIpc) is 2.93. The summed E-state index contributed by atoms with van der Waals surface area (Å²) in [6.07, 6.45) is 3.28. The van der Waals surface area contributed by atoms with Gasteiger partial charge >= 0.3 is 0 Å². The number of thioether (sulfide) groups is 1. The highest BCUT2D eigenvalue weighted by Crippen LogP contribution is 2.32. The minimum absolute atomic E-state index is 0.0807. The number of hydrogen-bond donors (Lipinski definition) is 1. The highest BCUT2D eigenvalue weighted by molar-refractivity contribution is 8.00. The van der Waals surface area contributed by atoms with Crippen molar-refractivity contribution < 1.29 is 9.59 Å². The number of hydrogen-bond acceptors (Lipinski definition) is 3. The van der Waals surface area contributed by atoms with Crippen molar-refractivity contribution in [1.82, 2.24) is 4.90 Å². The molecular weight excluding hydrogens is 332 g/mol. The van der Waals surface area contributed by atoms with Gasteiger partial charge in [-0.25, -0.2) is 0 Å². The number of nitrogens with zero attached hydrogens (tertiary/aromatic N) is 1. The van der Waals surface area contributed by atoms with E-state index < -0.39 is 0 Å². The fourth-order valence-corrected chi connectivity index (χ4v) is 4.29. The second-order valence-electron chi connectivity index (χ2n) is 8.06. The maximum absolute atomic E-state index is 12.9. The van der Waals surface area contributed by atoms with Crippen LogP contribution in [0.2, 0.25) is 0 Å². The van der Waals surface area contributed by atoms with Gasteiger partial charge in [0.1, 0.15) is 0 Å². The zero-order valence-corrected chi connectivity index (χ0v) is 16.8. The first kappa shape index (κ1) is 19.8. The molecule has 2 rings (SSSR count). The Morgan fingerprint density at radius 2 is 1.92 bits per heavy atom. The molecule has 1 N–H and O–H groups in total. The van der Waals surface area contributed by atoms with Crippen LogP contribution in [0.5, 0.6) is 0 Å². The minimum atomic E-state index is -0.104. The van der Waals surface area contributed by atoms with Gasteiger partial charge in [0.25, 0.3) is 0 Å². The Morgan fingerprint density at radius 1 is 1.28 bits per heavy atom. The lowest BCUT2D eigenvalue weighted by Gasteiger charge is -2.32. The second-order valence-corrected chi connectivity index (χ2v) is 9.47. The highest BCUT2D eigenvalue weighted by atomic mass is 32.2. The summed E-state index contributed by atoms with van der Waals surface area (Å²) in [4.78, 5) is 27.1. The van der Waals surface area contributed by atoms with Crippen molar-refractivity contribution >= 4 is 29.3 Å². The zero-order chi connectivity index (χ0) is 18.6. The normalized spacial score (nSPS) is 18.9. The van der Waals surface area contributed by atoms with Crippen LogP contribution in [-0.2, 0) is 9.59 Å². The van der Waals surface area contributed by atoms with Crippen molar-refractivity contribution in [1.29, 1.82) is 0 Å². The third-order valence-corrected chi connectivity index (χ3v) is 5.44. The molecule has 0 aromatic heterocycles. The van der Waals surface area contributed by atoms with Gasteiger partial charge in [-0.05, 0) is 55.9 Å². The predicted octanol–water partition coefficient (Wildman–Crippen LogP) is 4.55. The lowest BCUT2D eigenvalue weighted by molar-refractivity contribution is -0.131. The smallest absolute Gasteiger partial charge is 0.236 e. The van der Waals surface area contributed by atoms with E-state index in [4.69, 9.17) is 0 Å². The molecule has 1 aromatic rings. The van der Waals surface area contributed by atoms with Crippen molar-refractivity contribution in [3.05, 3.63) is 24.3 Å². The molecule has 25 heavy (non-hydrogen) atoms. The molecule has 2 unspecified atom stereocenters.